The zero-order valence-electron chi connectivity index (χ0n) is 11.5. The number of rotatable bonds is 5. The summed E-state index contributed by atoms with van der Waals surface area (Å²) in [6.45, 7) is 2.17. The highest BCUT2D eigenvalue weighted by atomic mass is 16.1. The molecule has 1 fully saturated rings. The molecule has 0 atom stereocenters. The van der Waals surface area contributed by atoms with Crippen molar-refractivity contribution in [3.8, 4) is 0 Å². The first-order valence-electron chi connectivity index (χ1n) is 6.68. The van der Waals surface area contributed by atoms with Gasteiger partial charge in [0.15, 0.2) is 0 Å². The third-order valence-corrected chi connectivity index (χ3v) is 3.53. The molecule has 0 aromatic carbocycles. The molecule has 0 spiro atoms. The Balaban J connectivity index is 2.33. The van der Waals surface area contributed by atoms with Gasteiger partial charge in [0, 0.05) is 24.8 Å². The fourth-order valence-corrected chi connectivity index (χ4v) is 2.60. The number of amides is 1. The number of primary amides is 1. The highest BCUT2D eigenvalue weighted by Crippen LogP contribution is 2.29. The van der Waals surface area contributed by atoms with Crippen molar-refractivity contribution in [2.45, 2.75) is 38.6 Å². The Morgan fingerprint density at radius 1 is 1.53 bits per heavy atom. The van der Waals surface area contributed by atoms with Crippen LogP contribution in [-0.2, 0) is 4.79 Å². The monoisotopic (exact) mass is 263 g/mol. The SMILES string of the molecule is CNc1ncc(C)c(N(CC(N)=O)C2CCCC2)n1. The molecule has 1 aliphatic carbocycles. The van der Waals surface area contributed by atoms with E-state index in [1.165, 1.54) is 12.8 Å². The molecule has 0 bridgehead atoms. The van der Waals surface area contributed by atoms with E-state index < -0.39 is 0 Å². The first-order chi connectivity index (χ1) is 9.11. The molecule has 1 aromatic rings. The van der Waals surface area contributed by atoms with E-state index in [-0.39, 0.29) is 12.5 Å². The standard InChI is InChI=1S/C13H21N5O/c1-9-7-16-13(15-2)17-12(9)18(8-11(14)19)10-5-3-4-6-10/h7,10H,3-6,8H2,1-2H3,(H2,14,19)(H,15,16,17). The van der Waals surface area contributed by atoms with Crippen LogP contribution in [0.15, 0.2) is 6.20 Å². The molecule has 6 heteroatoms. The first kappa shape index (κ1) is 13.6. The van der Waals surface area contributed by atoms with Crippen LogP contribution < -0.4 is 16.0 Å². The molecule has 104 valence electrons. The fraction of sp³-hybridized carbons (Fsp3) is 0.615. The second-order valence-electron chi connectivity index (χ2n) is 4.98. The predicted octanol–water partition coefficient (Wildman–Crippen LogP) is 1.06. The number of anilines is 2. The van der Waals surface area contributed by atoms with E-state index in [2.05, 4.69) is 15.3 Å². The van der Waals surface area contributed by atoms with E-state index in [0.29, 0.717) is 12.0 Å². The van der Waals surface area contributed by atoms with Crippen LogP contribution in [0, 0.1) is 6.92 Å². The van der Waals surface area contributed by atoms with Crippen molar-refractivity contribution in [1.29, 1.82) is 0 Å². The van der Waals surface area contributed by atoms with Gasteiger partial charge in [-0.2, -0.15) is 4.98 Å². The minimum absolute atomic E-state index is 0.214. The van der Waals surface area contributed by atoms with Crippen molar-refractivity contribution in [2.75, 3.05) is 23.8 Å². The summed E-state index contributed by atoms with van der Waals surface area (Å²) in [7, 11) is 1.78. The van der Waals surface area contributed by atoms with Crippen LogP contribution in [0.5, 0.6) is 0 Å². The summed E-state index contributed by atoms with van der Waals surface area (Å²) in [6.07, 6.45) is 6.35. The summed E-state index contributed by atoms with van der Waals surface area (Å²) in [6, 6.07) is 0.353. The van der Waals surface area contributed by atoms with Gasteiger partial charge in [-0.25, -0.2) is 4.98 Å². The van der Waals surface area contributed by atoms with Crippen molar-refractivity contribution < 1.29 is 4.79 Å². The van der Waals surface area contributed by atoms with Gasteiger partial charge < -0.3 is 16.0 Å². The lowest BCUT2D eigenvalue weighted by Gasteiger charge is -2.30. The van der Waals surface area contributed by atoms with Crippen LogP contribution in [0.25, 0.3) is 0 Å². The second kappa shape index (κ2) is 5.86. The number of nitrogens with two attached hydrogens (primary N) is 1. The van der Waals surface area contributed by atoms with Crippen molar-refractivity contribution >= 4 is 17.7 Å². The number of aryl methyl sites for hydroxylation is 1. The largest absolute Gasteiger partial charge is 0.368 e. The van der Waals surface area contributed by atoms with Crippen molar-refractivity contribution in [3.05, 3.63) is 11.8 Å². The lowest BCUT2D eigenvalue weighted by Crippen LogP contribution is -2.41. The number of carbonyl (C=O) groups excluding carboxylic acids is 1. The zero-order chi connectivity index (χ0) is 13.8. The van der Waals surface area contributed by atoms with E-state index in [9.17, 15) is 4.79 Å². The maximum absolute atomic E-state index is 11.3. The van der Waals surface area contributed by atoms with Gasteiger partial charge in [-0.15, -0.1) is 0 Å². The molecule has 0 saturated heterocycles. The Labute approximate surface area is 113 Å². The summed E-state index contributed by atoms with van der Waals surface area (Å²) in [4.78, 5) is 22.0. The van der Waals surface area contributed by atoms with Gasteiger partial charge >= 0.3 is 0 Å². The van der Waals surface area contributed by atoms with Gasteiger partial charge in [-0.1, -0.05) is 12.8 Å². The molecule has 0 unspecified atom stereocenters. The molecular formula is C13H21N5O. The fourth-order valence-electron chi connectivity index (χ4n) is 2.60. The summed E-state index contributed by atoms with van der Waals surface area (Å²) >= 11 is 0. The number of hydrogen-bond donors (Lipinski definition) is 2. The van der Waals surface area contributed by atoms with Crippen molar-refractivity contribution in [1.82, 2.24) is 9.97 Å². The molecule has 1 saturated carbocycles. The lowest BCUT2D eigenvalue weighted by atomic mass is 10.2. The van der Waals surface area contributed by atoms with Gasteiger partial charge in [0.2, 0.25) is 11.9 Å². The zero-order valence-corrected chi connectivity index (χ0v) is 11.5. The molecule has 2 rings (SSSR count). The third kappa shape index (κ3) is 3.13. The molecule has 0 radical (unpaired) electrons. The van der Waals surface area contributed by atoms with E-state index in [0.717, 1.165) is 24.2 Å². The van der Waals surface area contributed by atoms with Gasteiger partial charge in [0.25, 0.3) is 0 Å². The minimum atomic E-state index is -0.323. The summed E-state index contributed by atoms with van der Waals surface area (Å²) < 4.78 is 0. The molecule has 1 aromatic heterocycles. The Kier molecular flexibility index (Phi) is 4.19. The van der Waals surface area contributed by atoms with Crippen molar-refractivity contribution in [3.63, 3.8) is 0 Å². The average molecular weight is 263 g/mol. The van der Waals surface area contributed by atoms with E-state index in [1.54, 1.807) is 13.2 Å². The maximum atomic E-state index is 11.3. The predicted molar refractivity (Wildman–Crippen MR) is 75.1 cm³/mol. The molecule has 1 amide bonds. The van der Waals surface area contributed by atoms with Crippen LogP contribution in [0.2, 0.25) is 0 Å². The van der Waals surface area contributed by atoms with Crippen LogP contribution in [0.3, 0.4) is 0 Å². The van der Waals surface area contributed by atoms with Gasteiger partial charge in [-0.05, 0) is 19.8 Å². The summed E-state index contributed by atoms with van der Waals surface area (Å²) in [5, 5.41) is 2.93. The topological polar surface area (TPSA) is 84.1 Å². The van der Waals surface area contributed by atoms with Crippen LogP contribution in [-0.4, -0.2) is 35.5 Å². The smallest absolute Gasteiger partial charge is 0.237 e. The quantitative estimate of drug-likeness (QED) is 0.830. The van der Waals surface area contributed by atoms with Gasteiger partial charge in [0.05, 0.1) is 6.54 Å². The first-order valence-corrected chi connectivity index (χ1v) is 6.68. The highest BCUT2D eigenvalue weighted by molar-refractivity contribution is 5.79. The maximum Gasteiger partial charge on any atom is 0.237 e. The number of nitrogens with zero attached hydrogens (tertiary/aromatic N) is 3. The Bertz CT molecular complexity index is 456. The number of nitrogens with one attached hydrogen (secondary N) is 1. The molecule has 1 heterocycles. The minimum Gasteiger partial charge on any atom is -0.368 e. The van der Waals surface area contributed by atoms with Crippen LogP contribution in [0.4, 0.5) is 11.8 Å². The summed E-state index contributed by atoms with van der Waals surface area (Å²) in [5.74, 6) is 1.05. The molecule has 6 nitrogen and oxygen atoms in total. The number of carbonyl (C=O) groups is 1. The average Bonchev–Trinajstić information content (AvgIpc) is 2.90. The Hall–Kier alpha value is -1.85. The highest BCUT2D eigenvalue weighted by Gasteiger charge is 2.26. The molecule has 19 heavy (non-hydrogen) atoms. The number of hydrogen-bond acceptors (Lipinski definition) is 5. The second-order valence-corrected chi connectivity index (χ2v) is 4.98. The van der Waals surface area contributed by atoms with Crippen molar-refractivity contribution in [2.24, 2.45) is 5.73 Å². The van der Waals surface area contributed by atoms with E-state index in [1.807, 2.05) is 11.8 Å². The Morgan fingerprint density at radius 3 is 2.79 bits per heavy atom. The van der Waals surface area contributed by atoms with Gasteiger partial charge in [-0.3, -0.25) is 4.79 Å². The molecular weight excluding hydrogens is 242 g/mol. The molecule has 0 aliphatic heterocycles. The van der Waals surface area contributed by atoms with Crippen LogP contribution >= 0.6 is 0 Å². The summed E-state index contributed by atoms with van der Waals surface area (Å²) in [5.41, 5.74) is 6.34. The Morgan fingerprint density at radius 2 is 2.21 bits per heavy atom. The van der Waals surface area contributed by atoms with E-state index in [4.69, 9.17) is 5.73 Å². The normalized spacial score (nSPS) is 15.5. The number of aromatic nitrogens is 2. The van der Waals surface area contributed by atoms with Crippen LogP contribution in [0.1, 0.15) is 31.2 Å². The van der Waals surface area contributed by atoms with Gasteiger partial charge in [0.1, 0.15) is 5.82 Å². The lowest BCUT2D eigenvalue weighted by molar-refractivity contribution is -0.116. The molecule has 3 N–H and O–H groups in total. The third-order valence-electron chi connectivity index (χ3n) is 3.53. The van der Waals surface area contributed by atoms with E-state index >= 15 is 0 Å². The molecule has 1 aliphatic rings.